The molecular weight excluding hydrogens is 246 g/mol. The van der Waals surface area contributed by atoms with Gasteiger partial charge in [0, 0.05) is 23.8 Å². The summed E-state index contributed by atoms with van der Waals surface area (Å²) < 4.78 is 0. The summed E-state index contributed by atoms with van der Waals surface area (Å²) >= 11 is 5.64. The van der Waals surface area contributed by atoms with Crippen LogP contribution in [0.1, 0.15) is 56.8 Å². The zero-order valence-electron chi connectivity index (χ0n) is 11.7. The second-order valence-electron chi connectivity index (χ2n) is 4.94. The maximum atomic E-state index is 5.64. The van der Waals surface area contributed by atoms with Gasteiger partial charge >= 0.3 is 0 Å². The highest BCUT2D eigenvalue weighted by atomic mass is 35.5. The molecule has 0 aliphatic carbocycles. The van der Waals surface area contributed by atoms with E-state index in [1.165, 1.54) is 12.8 Å². The number of hydrogen-bond acceptors (Lipinski definition) is 3. The normalized spacial score (nSPS) is 10.9. The molecule has 102 valence electrons. The van der Waals surface area contributed by atoms with Gasteiger partial charge in [0.2, 0.25) is 5.95 Å². The third-order valence-electron chi connectivity index (χ3n) is 2.81. The van der Waals surface area contributed by atoms with Gasteiger partial charge in [-0.1, -0.05) is 26.7 Å². The molecule has 4 heteroatoms. The van der Waals surface area contributed by atoms with E-state index >= 15 is 0 Å². The number of alkyl halides is 1. The predicted molar refractivity (Wildman–Crippen MR) is 78.5 cm³/mol. The number of rotatable bonds is 8. The van der Waals surface area contributed by atoms with E-state index in [4.69, 9.17) is 11.6 Å². The molecule has 0 atom stereocenters. The lowest BCUT2D eigenvalue weighted by Crippen LogP contribution is -2.08. The molecule has 1 heterocycles. The number of halogens is 1. The number of aromatic nitrogens is 2. The van der Waals surface area contributed by atoms with Gasteiger partial charge in [0.1, 0.15) is 0 Å². The van der Waals surface area contributed by atoms with Crippen molar-refractivity contribution >= 4 is 17.5 Å². The fraction of sp³-hybridized carbons (Fsp3) is 0.714. The van der Waals surface area contributed by atoms with Crippen LogP contribution in [0.4, 0.5) is 5.95 Å². The third-order valence-corrected chi connectivity index (χ3v) is 3.08. The first kappa shape index (κ1) is 15.2. The van der Waals surface area contributed by atoms with Crippen LogP contribution in [0.2, 0.25) is 0 Å². The van der Waals surface area contributed by atoms with Gasteiger partial charge in [0.05, 0.1) is 0 Å². The smallest absolute Gasteiger partial charge is 0.223 e. The van der Waals surface area contributed by atoms with Gasteiger partial charge in [-0.05, 0) is 31.7 Å². The molecule has 0 unspecified atom stereocenters. The fourth-order valence-corrected chi connectivity index (χ4v) is 1.93. The Morgan fingerprint density at radius 2 is 1.89 bits per heavy atom. The number of aryl methyl sites for hydroxylation is 1. The van der Waals surface area contributed by atoms with Crippen molar-refractivity contribution in [3.05, 3.63) is 17.5 Å². The molecule has 0 aliphatic heterocycles. The summed E-state index contributed by atoms with van der Waals surface area (Å²) in [6.45, 7) is 7.25. The summed E-state index contributed by atoms with van der Waals surface area (Å²) in [5.41, 5.74) is 2.13. The molecule has 1 aromatic heterocycles. The van der Waals surface area contributed by atoms with Crippen LogP contribution in [0.3, 0.4) is 0 Å². The summed E-state index contributed by atoms with van der Waals surface area (Å²) in [5.74, 6) is 1.97. The van der Waals surface area contributed by atoms with Crippen molar-refractivity contribution in [3.63, 3.8) is 0 Å². The van der Waals surface area contributed by atoms with Gasteiger partial charge in [0.25, 0.3) is 0 Å². The third kappa shape index (κ3) is 5.67. The van der Waals surface area contributed by atoms with E-state index in [0.29, 0.717) is 5.92 Å². The summed E-state index contributed by atoms with van der Waals surface area (Å²) in [4.78, 5) is 8.93. The molecule has 1 N–H and O–H groups in total. The van der Waals surface area contributed by atoms with Crippen LogP contribution >= 0.6 is 11.6 Å². The second kappa shape index (κ2) is 8.30. The molecule has 0 fully saturated rings. The second-order valence-corrected chi connectivity index (χ2v) is 5.32. The fourth-order valence-electron chi connectivity index (χ4n) is 1.74. The standard InChI is InChI=1S/C14H24ClN3/c1-11(2)13-10-12(3)17-14(18-13)16-9-7-5-4-6-8-15/h10-11H,4-9H2,1-3H3,(H,16,17,18). The van der Waals surface area contributed by atoms with Crippen molar-refractivity contribution < 1.29 is 0 Å². The molecule has 0 amide bonds. The molecule has 0 saturated carbocycles. The van der Waals surface area contributed by atoms with E-state index in [-0.39, 0.29) is 0 Å². The average Bonchev–Trinajstić information content (AvgIpc) is 2.33. The molecule has 0 aliphatic rings. The van der Waals surface area contributed by atoms with E-state index in [1.54, 1.807) is 0 Å². The molecule has 0 spiro atoms. The monoisotopic (exact) mass is 269 g/mol. The quantitative estimate of drug-likeness (QED) is 0.570. The number of nitrogens with one attached hydrogen (secondary N) is 1. The number of unbranched alkanes of at least 4 members (excludes halogenated alkanes) is 3. The molecule has 0 bridgehead atoms. The lowest BCUT2D eigenvalue weighted by Gasteiger charge is -2.10. The van der Waals surface area contributed by atoms with E-state index < -0.39 is 0 Å². The first-order chi connectivity index (χ1) is 8.63. The van der Waals surface area contributed by atoms with Crippen LogP contribution < -0.4 is 5.32 Å². The van der Waals surface area contributed by atoms with Crippen LogP contribution in [0.25, 0.3) is 0 Å². The number of anilines is 1. The molecule has 18 heavy (non-hydrogen) atoms. The van der Waals surface area contributed by atoms with Crippen molar-refractivity contribution in [2.45, 2.75) is 52.4 Å². The van der Waals surface area contributed by atoms with Crippen LogP contribution in [0, 0.1) is 6.92 Å². The predicted octanol–water partition coefficient (Wildman–Crippen LogP) is 4.12. The van der Waals surface area contributed by atoms with Crippen LogP contribution in [0.15, 0.2) is 6.07 Å². The number of hydrogen-bond donors (Lipinski definition) is 1. The highest BCUT2D eigenvalue weighted by molar-refractivity contribution is 6.17. The Balaban J connectivity index is 2.37. The Morgan fingerprint density at radius 3 is 2.56 bits per heavy atom. The molecule has 1 rings (SSSR count). The molecule has 1 aromatic rings. The van der Waals surface area contributed by atoms with Gasteiger partial charge in [0.15, 0.2) is 0 Å². The van der Waals surface area contributed by atoms with Gasteiger partial charge in [-0.2, -0.15) is 0 Å². The van der Waals surface area contributed by atoms with Gasteiger partial charge in [-0.15, -0.1) is 11.6 Å². The zero-order chi connectivity index (χ0) is 13.4. The van der Waals surface area contributed by atoms with E-state index in [2.05, 4.69) is 35.2 Å². The minimum absolute atomic E-state index is 0.441. The van der Waals surface area contributed by atoms with Crippen LogP contribution in [-0.2, 0) is 0 Å². The molecule has 3 nitrogen and oxygen atoms in total. The lowest BCUT2D eigenvalue weighted by atomic mass is 10.1. The van der Waals surface area contributed by atoms with Crippen LogP contribution in [0.5, 0.6) is 0 Å². The Labute approximate surface area is 115 Å². The minimum Gasteiger partial charge on any atom is -0.354 e. The van der Waals surface area contributed by atoms with Crippen molar-refractivity contribution in [2.75, 3.05) is 17.7 Å². The Bertz CT molecular complexity index is 353. The van der Waals surface area contributed by atoms with Crippen LogP contribution in [-0.4, -0.2) is 22.4 Å². The molecule has 0 aromatic carbocycles. The highest BCUT2D eigenvalue weighted by Crippen LogP contribution is 2.14. The summed E-state index contributed by atoms with van der Waals surface area (Å²) in [6, 6.07) is 2.05. The molecular formula is C14H24ClN3. The first-order valence-corrected chi connectivity index (χ1v) is 7.32. The molecule has 0 radical (unpaired) electrons. The molecule has 0 saturated heterocycles. The maximum absolute atomic E-state index is 5.64. The minimum atomic E-state index is 0.441. The first-order valence-electron chi connectivity index (χ1n) is 6.79. The van der Waals surface area contributed by atoms with Crippen molar-refractivity contribution in [3.8, 4) is 0 Å². The Kier molecular flexibility index (Phi) is 7.02. The van der Waals surface area contributed by atoms with Crippen molar-refractivity contribution in [1.82, 2.24) is 9.97 Å². The topological polar surface area (TPSA) is 37.8 Å². The Morgan fingerprint density at radius 1 is 1.17 bits per heavy atom. The van der Waals surface area contributed by atoms with Gasteiger partial charge in [-0.3, -0.25) is 0 Å². The van der Waals surface area contributed by atoms with E-state index in [0.717, 1.165) is 42.6 Å². The Hall–Kier alpha value is -0.830. The summed E-state index contributed by atoms with van der Waals surface area (Å²) in [6.07, 6.45) is 4.67. The summed E-state index contributed by atoms with van der Waals surface area (Å²) in [5, 5.41) is 3.30. The van der Waals surface area contributed by atoms with Crippen molar-refractivity contribution in [2.24, 2.45) is 0 Å². The average molecular weight is 270 g/mol. The highest BCUT2D eigenvalue weighted by Gasteiger charge is 2.05. The van der Waals surface area contributed by atoms with Gasteiger partial charge in [-0.25, -0.2) is 9.97 Å². The van der Waals surface area contributed by atoms with Crippen molar-refractivity contribution in [1.29, 1.82) is 0 Å². The SMILES string of the molecule is Cc1cc(C(C)C)nc(NCCCCCCCl)n1. The van der Waals surface area contributed by atoms with Gasteiger partial charge < -0.3 is 5.32 Å². The summed E-state index contributed by atoms with van der Waals surface area (Å²) in [7, 11) is 0. The number of nitrogens with zero attached hydrogens (tertiary/aromatic N) is 2. The maximum Gasteiger partial charge on any atom is 0.223 e. The lowest BCUT2D eigenvalue weighted by molar-refractivity contribution is 0.685. The van der Waals surface area contributed by atoms with E-state index in [9.17, 15) is 0 Å². The largest absolute Gasteiger partial charge is 0.354 e. The van der Waals surface area contributed by atoms with E-state index in [1.807, 2.05) is 6.92 Å². The zero-order valence-corrected chi connectivity index (χ0v) is 12.4.